The van der Waals surface area contributed by atoms with Gasteiger partial charge in [-0.25, -0.2) is 0 Å². The van der Waals surface area contributed by atoms with Crippen molar-refractivity contribution in [3.05, 3.63) is 41.7 Å². The quantitative estimate of drug-likeness (QED) is 0.549. The van der Waals surface area contributed by atoms with Gasteiger partial charge in [0, 0.05) is 10.9 Å². The summed E-state index contributed by atoms with van der Waals surface area (Å²) in [6.07, 6.45) is 2.50. The molecular formula is C14H15N5O. The third-order valence-electron chi connectivity index (χ3n) is 3.27. The van der Waals surface area contributed by atoms with Gasteiger partial charge in [0.25, 0.3) is 5.91 Å². The molecule has 0 radical (unpaired) electrons. The number of aromatic nitrogens is 3. The molecule has 5 N–H and O–H groups in total. The Balaban J connectivity index is 1.91. The van der Waals surface area contributed by atoms with Crippen molar-refractivity contribution in [2.75, 3.05) is 11.1 Å². The molecule has 6 nitrogen and oxygen atoms in total. The first-order chi connectivity index (χ1) is 9.69. The van der Waals surface area contributed by atoms with E-state index < -0.39 is 0 Å². The number of nitrogens with zero attached hydrogens (tertiary/aromatic N) is 1. The number of nitrogens with two attached hydrogens (primary N) is 1. The third kappa shape index (κ3) is 2.01. The molecule has 2 heterocycles. The van der Waals surface area contributed by atoms with Gasteiger partial charge in [-0.3, -0.25) is 9.89 Å². The third-order valence-corrected chi connectivity index (χ3v) is 3.27. The number of nitrogens with one attached hydrogen (secondary N) is 3. The average molecular weight is 269 g/mol. The summed E-state index contributed by atoms with van der Waals surface area (Å²) in [4.78, 5) is 15.3. The van der Waals surface area contributed by atoms with Crippen molar-refractivity contribution < 1.29 is 4.79 Å². The van der Waals surface area contributed by atoms with E-state index in [-0.39, 0.29) is 5.91 Å². The fourth-order valence-electron chi connectivity index (χ4n) is 2.17. The van der Waals surface area contributed by atoms with E-state index in [1.54, 1.807) is 18.3 Å². The number of H-pyrrole nitrogens is 2. The Bertz CT molecular complexity index is 771. The number of aromatic amines is 2. The zero-order chi connectivity index (χ0) is 14.1. The predicted octanol–water partition coefficient (Wildman–Crippen LogP) is 2.29. The Morgan fingerprint density at radius 3 is 3.05 bits per heavy atom. The van der Waals surface area contributed by atoms with Crippen molar-refractivity contribution in [3.8, 4) is 0 Å². The van der Waals surface area contributed by atoms with Gasteiger partial charge in [0.1, 0.15) is 11.5 Å². The zero-order valence-electron chi connectivity index (χ0n) is 11.0. The topological polar surface area (TPSA) is 99.6 Å². The minimum absolute atomic E-state index is 0.223. The van der Waals surface area contributed by atoms with Crippen LogP contribution < -0.4 is 11.1 Å². The second-order valence-corrected chi connectivity index (χ2v) is 4.57. The molecular weight excluding hydrogens is 254 g/mol. The first-order valence-electron chi connectivity index (χ1n) is 6.40. The number of rotatable bonds is 3. The number of aryl methyl sites for hydroxylation is 1. The standard InChI is InChI=1S/C14H15N5O/c1-2-8-7-16-19-13(8)18-14(20)11-6-9-4-3-5-10(15)12(9)17-11/h3-7,17H,2,15H2,1H3,(H2,16,18,19,20). The molecule has 0 bridgehead atoms. The van der Waals surface area contributed by atoms with E-state index in [4.69, 9.17) is 5.73 Å². The summed E-state index contributed by atoms with van der Waals surface area (Å²) in [6, 6.07) is 7.34. The summed E-state index contributed by atoms with van der Waals surface area (Å²) in [6.45, 7) is 2.00. The Kier molecular flexibility index (Phi) is 2.90. The minimum atomic E-state index is -0.223. The van der Waals surface area contributed by atoms with Crippen LogP contribution in [0.2, 0.25) is 0 Å². The smallest absolute Gasteiger partial charge is 0.273 e. The predicted molar refractivity (Wildman–Crippen MR) is 78.6 cm³/mol. The molecule has 6 heteroatoms. The largest absolute Gasteiger partial charge is 0.397 e. The van der Waals surface area contributed by atoms with Gasteiger partial charge in [-0.1, -0.05) is 19.1 Å². The summed E-state index contributed by atoms with van der Waals surface area (Å²) in [5.41, 5.74) is 8.70. The number of carbonyl (C=O) groups is 1. The maximum atomic E-state index is 12.2. The van der Waals surface area contributed by atoms with Crippen molar-refractivity contribution in [2.24, 2.45) is 0 Å². The van der Waals surface area contributed by atoms with E-state index in [0.717, 1.165) is 22.9 Å². The van der Waals surface area contributed by atoms with Crippen LogP contribution >= 0.6 is 0 Å². The molecule has 0 fully saturated rings. The molecule has 0 aliphatic rings. The van der Waals surface area contributed by atoms with Crippen LogP contribution in [0.5, 0.6) is 0 Å². The molecule has 1 aromatic carbocycles. The van der Waals surface area contributed by atoms with Gasteiger partial charge >= 0.3 is 0 Å². The van der Waals surface area contributed by atoms with Gasteiger partial charge in [-0.05, 0) is 18.6 Å². The summed E-state index contributed by atoms with van der Waals surface area (Å²) in [7, 11) is 0. The lowest BCUT2D eigenvalue weighted by Gasteiger charge is -2.02. The highest BCUT2D eigenvalue weighted by Gasteiger charge is 2.13. The monoisotopic (exact) mass is 269 g/mol. The van der Waals surface area contributed by atoms with Gasteiger partial charge < -0.3 is 16.0 Å². The maximum absolute atomic E-state index is 12.2. The second kappa shape index (κ2) is 4.73. The van der Waals surface area contributed by atoms with Gasteiger partial charge in [0.2, 0.25) is 0 Å². The Morgan fingerprint density at radius 2 is 2.30 bits per heavy atom. The molecule has 0 atom stereocenters. The van der Waals surface area contributed by atoms with Crippen molar-refractivity contribution in [2.45, 2.75) is 13.3 Å². The lowest BCUT2D eigenvalue weighted by atomic mass is 10.2. The number of carbonyl (C=O) groups excluding carboxylic acids is 1. The molecule has 0 spiro atoms. The molecule has 3 aromatic rings. The van der Waals surface area contributed by atoms with E-state index in [0.29, 0.717) is 17.2 Å². The zero-order valence-corrected chi connectivity index (χ0v) is 11.0. The summed E-state index contributed by atoms with van der Waals surface area (Å²) in [5.74, 6) is 0.406. The molecule has 0 saturated heterocycles. The maximum Gasteiger partial charge on any atom is 0.273 e. The van der Waals surface area contributed by atoms with Crippen LogP contribution in [-0.4, -0.2) is 21.1 Å². The van der Waals surface area contributed by atoms with E-state index in [2.05, 4.69) is 20.5 Å². The van der Waals surface area contributed by atoms with Crippen LogP contribution in [0.1, 0.15) is 23.0 Å². The fourth-order valence-corrected chi connectivity index (χ4v) is 2.17. The van der Waals surface area contributed by atoms with E-state index in [1.165, 1.54) is 0 Å². The summed E-state index contributed by atoms with van der Waals surface area (Å²) in [5, 5.41) is 10.4. The number of fused-ring (bicyclic) bond motifs is 1. The van der Waals surface area contributed by atoms with Gasteiger partial charge in [0.15, 0.2) is 0 Å². The summed E-state index contributed by atoms with van der Waals surface area (Å²) < 4.78 is 0. The van der Waals surface area contributed by atoms with Crippen molar-refractivity contribution in [1.29, 1.82) is 0 Å². The highest BCUT2D eigenvalue weighted by Crippen LogP contribution is 2.22. The van der Waals surface area contributed by atoms with Crippen molar-refractivity contribution in [3.63, 3.8) is 0 Å². The number of benzene rings is 1. The first kappa shape index (κ1) is 12.3. The molecule has 20 heavy (non-hydrogen) atoms. The Labute approximate surface area is 115 Å². The highest BCUT2D eigenvalue weighted by molar-refractivity contribution is 6.07. The summed E-state index contributed by atoms with van der Waals surface area (Å²) >= 11 is 0. The van der Waals surface area contributed by atoms with Gasteiger partial charge in [-0.2, -0.15) is 5.10 Å². The van der Waals surface area contributed by atoms with Crippen LogP contribution in [0.25, 0.3) is 10.9 Å². The number of hydrogen-bond acceptors (Lipinski definition) is 3. The molecule has 2 aromatic heterocycles. The first-order valence-corrected chi connectivity index (χ1v) is 6.40. The molecule has 102 valence electrons. The van der Waals surface area contributed by atoms with Crippen LogP contribution in [0.15, 0.2) is 30.5 Å². The van der Waals surface area contributed by atoms with Gasteiger partial charge in [0.05, 0.1) is 17.4 Å². The van der Waals surface area contributed by atoms with E-state index >= 15 is 0 Å². The molecule has 0 aliphatic carbocycles. The number of nitrogen functional groups attached to an aromatic ring is 1. The van der Waals surface area contributed by atoms with E-state index in [1.807, 2.05) is 19.1 Å². The lowest BCUT2D eigenvalue weighted by Crippen LogP contribution is -2.13. The normalized spacial score (nSPS) is 10.8. The minimum Gasteiger partial charge on any atom is -0.397 e. The molecule has 1 amide bonds. The highest BCUT2D eigenvalue weighted by atomic mass is 16.2. The Morgan fingerprint density at radius 1 is 1.45 bits per heavy atom. The van der Waals surface area contributed by atoms with Crippen LogP contribution in [0.4, 0.5) is 11.5 Å². The molecule has 0 saturated carbocycles. The fraction of sp³-hybridized carbons (Fsp3) is 0.143. The van der Waals surface area contributed by atoms with Crippen molar-refractivity contribution >= 4 is 28.3 Å². The van der Waals surface area contributed by atoms with Crippen molar-refractivity contribution in [1.82, 2.24) is 15.2 Å². The second-order valence-electron chi connectivity index (χ2n) is 4.57. The molecule has 0 unspecified atom stereocenters. The number of amides is 1. The van der Waals surface area contributed by atoms with Gasteiger partial charge in [-0.15, -0.1) is 0 Å². The number of hydrogen-bond donors (Lipinski definition) is 4. The van der Waals surface area contributed by atoms with Crippen LogP contribution in [0.3, 0.4) is 0 Å². The lowest BCUT2D eigenvalue weighted by molar-refractivity contribution is 0.102. The van der Waals surface area contributed by atoms with Crippen LogP contribution in [-0.2, 0) is 6.42 Å². The molecule has 0 aliphatic heterocycles. The van der Waals surface area contributed by atoms with Crippen LogP contribution in [0, 0.1) is 0 Å². The number of para-hydroxylation sites is 1. The number of anilines is 2. The van der Waals surface area contributed by atoms with E-state index in [9.17, 15) is 4.79 Å². The SMILES string of the molecule is CCc1cn[nH]c1NC(=O)c1cc2cccc(N)c2[nH]1. The molecule has 3 rings (SSSR count). The Hall–Kier alpha value is -2.76. The average Bonchev–Trinajstić information content (AvgIpc) is 3.05.